The molecular formula is C28H23FN4O3S. The lowest BCUT2D eigenvalue weighted by Crippen LogP contribution is -2.16. The van der Waals surface area contributed by atoms with Crippen LogP contribution < -0.4 is 10.1 Å². The SMILES string of the molecule is Cc1cc(F)ccc1Oc1ncc(-c2ccc(C#N)cc2)c(C)c1C(=O)Nc1cccc([S@@](C)(=N)=O)c1. The van der Waals surface area contributed by atoms with Gasteiger partial charge in [-0.1, -0.05) is 18.2 Å². The molecule has 1 heterocycles. The number of nitrogens with one attached hydrogen (secondary N) is 2. The summed E-state index contributed by atoms with van der Waals surface area (Å²) < 4.78 is 39.6. The zero-order valence-corrected chi connectivity index (χ0v) is 21.2. The number of rotatable bonds is 6. The van der Waals surface area contributed by atoms with Crippen LogP contribution in [0.1, 0.15) is 27.0 Å². The van der Waals surface area contributed by atoms with E-state index in [1.165, 1.54) is 30.5 Å². The van der Waals surface area contributed by atoms with Crippen LogP contribution in [-0.4, -0.2) is 21.4 Å². The van der Waals surface area contributed by atoms with Crippen molar-refractivity contribution in [2.45, 2.75) is 18.7 Å². The zero-order valence-electron chi connectivity index (χ0n) is 20.3. The molecule has 0 aliphatic rings. The van der Waals surface area contributed by atoms with Crippen LogP contribution in [0, 0.1) is 35.8 Å². The Balaban J connectivity index is 1.80. The van der Waals surface area contributed by atoms with E-state index in [-0.39, 0.29) is 16.3 Å². The fourth-order valence-electron chi connectivity index (χ4n) is 3.78. The highest BCUT2D eigenvalue weighted by Gasteiger charge is 2.22. The lowest BCUT2D eigenvalue weighted by atomic mass is 9.97. The molecule has 3 aromatic carbocycles. The maximum Gasteiger partial charge on any atom is 0.261 e. The number of carbonyl (C=O) groups excluding carboxylic acids is 1. The Morgan fingerprint density at radius 2 is 1.84 bits per heavy atom. The normalized spacial score (nSPS) is 12.3. The zero-order chi connectivity index (χ0) is 26.7. The highest BCUT2D eigenvalue weighted by Crippen LogP contribution is 2.34. The van der Waals surface area contributed by atoms with Gasteiger partial charge < -0.3 is 10.1 Å². The molecule has 1 amide bonds. The summed E-state index contributed by atoms with van der Waals surface area (Å²) >= 11 is 0. The molecule has 0 spiro atoms. The van der Waals surface area contributed by atoms with Gasteiger partial charge in [0.2, 0.25) is 5.88 Å². The second-order valence-electron chi connectivity index (χ2n) is 8.50. The van der Waals surface area contributed by atoms with Gasteiger partial charge in [0.1, 0.15) is 17.1 Å². The van der Waals surface area contributed by atoms with Crippen LogP contribution >= 0.6 is 0 Å². The molecule has 0 saturated heterocycles. The number of ether oxygens (including phenoxy) is 1. The largest absolute Gasteiger partial charge is 0.438 e. The minimum absolute atomic E-state index is 0.0260. The first-order valence-electron chi connectivity index (χ1n) is 11.2. The Kier molecular flexibility index (Phi) is 7.05. The van der Waals surface area contributed by atoms with E-state index in [1.54, 1.807) is 62.5 Å². The number of anilines is 1. The number of halogens is 1. The third kappa shape index (κ3) is 5.66. The third-order valence-corrected chi connectivity index (χ3v) is 6.89. The summed E-state index contributed by atoms with van der Waals surface area (Å²) in [4.78, 5) is 18.3. The van der Waals surface area contributed by atoms with Gasteiger partial charge in [-0.15, -0.1) is 0 Å². The standard InChI is InChI=1S/C28H23FN4O3S/c1-17-13-21(29)11-12-25(17)36-28-26(27(34)33-22-5-4-6-23(14-22)37(3,31)35)18(2)24(16-32-28)20-9-7-19(15-30)8-10-20/h4-14,16,31H,1-3H3,(H,33,34)/t37-/m0/s1. The van der Waals surface area contributed by atoms with E-state index in [0.29, 0.717) is 33.7 Å². The molecule has 7 nitrogen and oxygen atoms in total. The summed E-state index contributed by atoms with van der Waals surface area (Å²) in [5.74, 6) is -0.571. The van der Waals surface area contributed by atoms with Gasteiger partial charge in [0.15, 0.2) is 0 Å². The van der Waals surface area contributed by atoms with Crippen molar-refractivity contribution in [1.82, 2.24) is 4.98 Å². The first-order chi connectivity index (χ1) is 17.6. The predicted octanol–water partition coefficient (Wildman–Crippen LogP) is 6.46. The fourth-order valence-corrected chi connectivity index (χ4v) is 4.47. The lowest BCUT2D eigenvalue weighted by molar-refractivity contribution is 0.102. The second kappa shape index (κ2) is 10.2. The number of hydrogen-bond donors (Lipinski definition) is 2. The van der Waals surface area contributed by atoms with E-state index in [0.717, 1.165) is 5.56 Å². The maximum absolute atomic E-state index is 13.6. The molecule has 2 N–H and O–H groups in total. The topological polar surface area (TPSA) is 116 Å². The summed E-state index contributed by atoms with van der Waals surface area (Å²) in [6, 6.07) is 19.3. The van der Waals surface area contributed by atoms with Crippen LogP contribution in [0.15, 0.2) is 77.8 Å². The summed E-state index contributed by atoms with van der Waals surface area (Å²) in [6.07, 6.45) is 2.88. The quantitative estimate of drug-likeness (QED) is 0.306. The van der Waals surface area contributed by atoms with Crippen LogP contribution in [-0.2, 0) is 9.73 Å². The summed E-state index contributed by atoms with van der Waals surface area (Å²) in [6.45, 7) is 3.44. The number of aromatic nitrogens is 1. The van der Waals surface area contributed by atoms with Crippen LogP contribution in [0.4, 0.5) is 10.1 Å². The lowest BCUT2D eigenvalue weighted by Gasteiger charge is -2.17. The number of amides is 1. The third-order valence-electron chi connectivity index (χ3n) is 5.74. The molecule has 0 saturated carbocycles. The van der Waals surface area contributed by atoms with Crippen molar-refractivity contribution in [2.75, 3.05) is 11.6 Å². The van der Waals surface area contributed by atoms with Crippen molar-refractivity contribution in [3.8, 4) is 28.8 Å². The number of carbonyl (C=O) groups is 1. The number of aryl methyl sites for hydroxylation is 1. The monoisotopic (exact) mass is 514 g/mol. The molecule has 1 aromatic heterocycles. The Morgan fingerprint density at radius 3 is 2.49 bits per heavy atom. The summed E-state index contributed by atoms with van der Waals surface area (Å²) in [7, 11) is -2.98. The number of benzene rings is 3. The van der Waals surface area contributed by atoms with Gasteiger partial charge >= 0.3 is 0 Å². The average molecular weight is 515 g/mol. The van der Waals surface area contributed by atoms with E-state index < -0.39 is 21.5 Å². The Hall–Kier alpha value is -4.55. The molecule has 0 unspecified atom stereocenters. The highest BCUT2D eigenvalue weighted by atomic mass is 32.2. The fraction of sp³-hybridized carbons (Fsp3) is 0.107. The Morgan fingerprint density at radius 1 is 1.11 bits per heavy atom. The van der Waals surface area contributed by atoms with Gasteiger partial charge in [0.05, 0.1) is 21.4 Å². The van der Waals surface area contributed by atoms with Gasteiger partial charge in [-0.3, -0.25) is 4.79 Å². The number of nitrogens with zero attached hydrogens (tertiary/aromatic N) is 2. The smallest absolute Gasteiger partial charge is 0.261 e. The molecule has 37 heavy (non-hydrogen) atoms. The van der Waals surface area contributed by atoms with Crippen molar-refractivity contribution in [2.24, 2.45) is 0 Å². The number of pyridine rings is 1. The molecule has 0 aliphatic heterocycles. The highest BCUT2D eigenvalue weighted by molar-refractivity contribution is 7.91. The minimum Gasteiger partial charge on any atom is -0.438 e. The van der Waals surface area contributed by atoms with E-state index >= 15 is 0 Å². The molecule has 1 atom stereocenters. The molecule has 186 valence electrons. The van der Waals surface area contributed by atoms with E-state index in [4.69, 9.17) is 14.8 Å². The van der Waals surface area contributed by atoms with Crippen LogP contribution in [0.25, 0.3) is 11.1 Å². The Bertz CT molecular complexity index is 1660. The second-order valence-corrected chi connectivity index (χ2v) is 10.7. The molecule has 0 fully saturated rings. The number of nitriles is 1. The van der Waals surface area contributed by atoms with Crippen molar-refractivity contribution in [3.05, 3.63) is 101 Å². The molecule has 0 aliphatic carbocycles. The molecule has 0 radical (unpaired) electrons. The molecular weight excluding hydrogens is 491 g/mol. The molecule has 9 heteroatoms. The first-order valence-corrected chi connectivity index (χ1v) is 13.1. The van der Waals surface area contributed by atoms with Crippen molar-refractivity contribution < 1.29 is 18.1 Å². The van der Waals surface area contributed by atoms with Gasteiger partial charge in [0, 0.05) is 28.6 Å². The summed E-state index contributed by atoms with van der Waals surface area (Å²) in [5.41, 5.74) is 3.53. The van der Waals surface area contributed by atoms with Crippen LogP contribution in [0.3, 0.4) is 0 Å². The van der Waals surface area contributed by atoms with Crippen molar-refractivity contribution in [1.29, 1.82) is 10.0 Å². The van der Waals surface area contributed by atoms with Gasteiger partial charge in [0.25, 0.3) is 5.91 Å². The van der Waals surface area contributed by atoms with E-state index in [2.05, 4.69) is 16.4 Å². The molecule has 0 bridgehead atoms. The van der Waals surface area contributed by atoms with Gasteiger partial charge in [-0.25, -0.2) is 18.4 Å². The molecule has 4 aromatic rings. The van der Waals surface area contributed by atoms with Crippen LogP contribution in [0.5, 0.6) is 11.6 Å². The molecule has 4 rings (SSSR count). The van der Waals surface area contributed by atoms with Gasteiger partial charge in [-0.05, 0) is 79.1 Å². The van der Waals surface area contributed by atoms with Crippen molar-refractivity contribution >= 4 is 21.3 Å². The van der Waals surface area contributed by atoms with Crippen molar-refractivity contribution in [3.63, 3.8) is 0 Å². The van der Waals surface area contributed by atoms with E-state index in [9.17, 15) is 13.4 Å². The van der Waals surface area contributed by atoms with Gasteiger partial charge in [-0.2, -0.15) is 5.26 Å². The number of hydrogen-bond acceptors (Lipinski definition) is 6. The maximum atomic E-state index is 13.6. The average Bonchev–Trinajstić information content (AvgIpc) is 2.85. The Labute approximate surface area is 214 Å². The van der Waals surface area contributed by atoms with E-state index in [1.807, 2.05) is 0 Å². The predicted molar refractivity (Wildman–Crippen MR) is 140 cm³/mol. The minimum atomic E-state index is -2.98. The summed E-state index contributed by atoms with van der Waals surface area (Å²) in [5, 5.41) is 11.9. The first kappa shape index (κ1) is 25.5. The van der Waals surface area contributed by atoms with Crippen LogP contribution in [0.2, 0.25) is 0 Å².